The van der Waals surface area contributed by atoms with E-state index in [2.05, 4.69) is 20.4 Å². The van der Waals surface area contributed by atoms with Crippen molar-refractivity contribution in [3.8, 4) is 68.9 Å². The summed E-state index contributed by atoms with van der Waals surface area (Å²) >= 11 is 3.18. The number of methoxy groups -OCH3 is 2. The molecule has 340 valence electrons. The molecular weight excluding hydrogens is 897 g/mol. The van der Waals surface area contributed by atoms with Crippen molar-refractivity contribution in [2.24, 2.45) is 10.2 Å². The van der Waals surface area contributed by atoms with Crippen LogP contribution in [0.15, 0.2) is 154 Å². The average Bonchev–Trinajstić information content (AvgIpc) is 4.14. The van der Waals surface area contributed by atoms with Crippen molar-refractivity contribution in [2.45, 2.75) is 37.0 Å². The summed E-state index contributed by atoms with van der Waals surface area (Å²) in [4.78, 5) is 0. The number of para-hydroxylation sites is 2. The Hall–Kier alpha value is -7.96. The lowest BCUT2D eigenvalue weighted by Gasteiger charge is -2.13. The molecule has 0 atom stereocenters. The number of hydrogen-bond acceptors (Lipinski definition) is 14. The number of hydrogen-bond donors (Lipinski definition) is 0. The first-order valence-corrected chi connectivity index (χ1v) is 23.7. The minimum absolute atomic E-state index is 0.477. The summed E-state index contributed by atoms with van der Waals surface area (Å²) in [5, 5.41) is 39.8. The molecule has 4 aromatic heterocycles. The van der Waals surface area contributed by atoms with E-state index in [1.807, 2.05) is 147 Å². The van der Waals surface area contributed by atoms with E-state index < -0.39 is 0 Å². The Morgan fingerprint density at radius 3 is 1.26 bits per heavy atom. The molecule has 9 aromatic rings. The fraction of sp³-hybridized carbons (Fsp3) is 0.160. The summed E-state index contributed by atoms with van der Waals surface area (Å²) in [5.41, 5.74) is 6.10. The zero-order chi connectivity index (χ0) is 46.4. The minimum Gasteiger partial charge on any atom is -0.497 e. The summed E-state index contributed by atoms with van der Waals surface area (Å²) in [6, 6.07) is 42.5. The van der Waals surface area contributed by atoms with E-state index in [9.17, 15) is 0 Å². The fourth-order valence-corrected chi connectivity index (χ4v) is 9.11. The number of fused-ring (bicyclic) bond motifs is 7. The van der Waals surface area contributed by atoms with Crippen molar-refractivity contribution in [3.05, 3.63) is 156 Å². The molecule has 0 saturated carbocycles. The third-order valence-electron chi connectivity index (χ3n) is 10.9. The molecule has 16 nitrogen and oxygen atoms in total. The lowest BCUT2D eigenvalue weighted by atomic mass is 10.2. The quantitative estimate of drug-likeness (QED) is 0.156. The number of aryl methyl sites for hydroxylation is 2. The molecule has 68 heavy (non-hydrogen) atoms. The van der Waals surface area contributed by atoms with E-state index in [4.69, 9.17) is 39.3 Å². The molecule has 0 aliphatic carbocycles. The first-order chi connectivity index (χ1) is 33.4. The molecule has 5 aromatic carbocycles. The molecular formula is C50H44N12O4S2. The first-order valence-electron chi connectivity index (χ1n) is 21.7. The molecule has 2 bridgehead atoms. The lowest BCUT2D eigenvalue weighted by Crippen LogP contribution is -2.02. The molecule has 0 saturated heterocycles. The molecule has 6 heterocycles. The third-order valence-corrected chi connectivity index (χ3v) is 12.9. The van der Waals surface area contributed by atoms with Crippen molar-refractivity contribution < 1.29 is 18.9 Å². The van der Waals surface area contributed by atoms with E-state index in [0.717, 1.165) is 58.3 Å². The summed E-state index contributed by atoms with van der Waals surface area (Å²) in [6.45, 7) is 3.87. The standard InChI is InChI=1S/C50H44N12O4S2/c1-33-43-31-51-61-45(35-17-21-39(63-3)22-18-35)53-55-49(61)67-29-11-12-30-68-50-56-54-46(36-19-23-40(64-4)24-20-36)62(50)52-32-44-34(2)58-60(38-15-9-6-10-16-38)48(44)66-42-27-25-41(26-28-42)65-47(43)59(57-33)37-13-7-5-8-14-37/h5-10,13-28,31-32H,11-12,29-30H2,1-4H3/b51-31+,52-32+. The normalized spacial score (nSPS) is 14.0. The van der Waals surface area contributed by atoms with Gasteiger partial charge in [-0.15, -0.1) is 20.4 Å². The number of ether oxygens (including phenoxy) is 4. The molecule has 18 heteroatoms. The zero-order valence-electron chi connectivity index (χ0n) is 37.5. The van der Waals surface area contributed by atoms with Crippen LogP contribution in [0.2, 0.25) is 0 Å². The molecule has 0 amide bonds. The first kappa shape index (κ1) is 43.9. The molecule has 11 rings (SSSR count). The van der Waals surface area contributed by atoms with Gasteiger partial charge in [0.05, 0.1) is 60.5 Å². The van der Waals surface area contributed by atoms with Crippen LogP contribution >= 0.6 is 23.5 Å². The second-order valence-corrected chi connectivity index (χ2v) is 17.5. The Balaban J connectivity index is 1.08. The number of thioether (sulfide) groups is 2. The highest BCUT2D eigenvalue weighted by Crippen LogP contribution is 2.35. The third kappa shape index (κ3) is 9.23. The van der Waals surface area contributed by atoms with Crippen LogP contribution in [0.5, 0.6) is 34.8 Å². The Kier molecular flexibility index (Phi) is 12.8. The smallest absolute Gasteiger partial charge is 0.231 e. The van der Waals surface area contributed by atoms with Crippen molar-refractivity contribution >= 4 is 36.0 Å². The number of nitrogens with zero attached hydrogens (tertiary/aromatic N) is 12. The predicted molar refractivity (Wildman–Crippen MR) is 264 cm³/mol. The highest BCUT2D eigenvalue weighted by molar-refractivity contribution is 7.99. The Labute approximate surface area is 400 Å². The highest BCUT2D eigenvalue weighted by Gasteiger charge is 2.23. The predicted octanol–water partition coefficient (Wildman–Crippen LogP) is 10.5. The van der Waals surface area contributed by atoms with E-state index in [1.165, 1.54) is 0 Å². The highest BCUT2D eigenvalue weighted by atomic mass is 32.2. The van der Waals surface area contributed by atoms with Gasteiger partial charge in [0.1, 0.15) is 23.0 Å². The van der Waals surface area contributed by atoms with Gasteiger partial charge >= 0.3 is 0 Å². The van der Waals surface area contributed by atoms with Crippen LogP contribution in [0.25, 0.3) is 34.2 Å². The van der Waals surface area contributed by atoms with Crippen LogP contribution in [-0.2, 0) is 0 Å². The van der Waals surface area contributed by atoms with Gasteiger partial charge in [0.25, 0.3) is 0 Å². The summed E-state index contributed by atoms with van der Waals surface area (Å²) in [6.07, 6.45) is 5.28. The van der Waals surface area contributed by atoms with Crippen LogP contribution in [0.1, 0.15) is 35.4 Å². The van der Waals surface area contributed by atoms with Crippen molar-refractivity contribution in [1.82, 2.24) is 49.3 Å². The van der Waals surface area contributed by atoms with E-state index >= 15 is 0 Å². The molecule has 2 aliphatic rings. The average molecular weight is 941 g/mol. The molecule has 0 spiro atoms. The maximum Gasteiger partial charge on any atom is 0.231 e. The number of benzene rings is 5. The van der Waals surface area contributed by atoms with Gasteiger partial charge < -0.3 is 18.9 Å². The Morgan fingerprint density at radius 2 is 0.882 bits per heavy atom. The Morgan fingerprint density at radius 1 is 0.485 bits per heavy atom. The van der Waals surface area contributed by atoms with E-state index in [-0.39, 0.29) is 0 Å². The van der Waals surface area contributed by atoms with Crippen LogP contribution in [0, 0.1) is 13.8 Å². The largest absolute Gasteiger partial charge is 0.497 e. The van der Waals surface area contributed by atoms with Gasteiger partial charge in [-0.05, 0) is 124 Å². The Bertz CT molecular complexity index is 3000. The SMILES string of the molecule is COc1ccc(-c2nnc3n2/N=C/c2c(C)nn(-c4ccccc4)c2Oc2ccc(cc2)Oc2c(c(C)nn2-c2ccccc2)/C=N/n2c(nnc2-c2ccc(OC)cc2)SCCCCS3)cc1. The van der Waals surface area contributed by atoms with Gasteiger partial charge in [0.15, 0.2) is 11.6 Å². The summed E-state index contributed by atoms with van der Waals surface area (Å²) < 4.78 is 31.5. The maximum absolute atomic E-state index is 6.75. The molecule has 0 unspecified atom stereocenters. The molecule has 0 N–H and O–H groups in total. The molecule has 2 aliphatic heterocycles. The van der Waals surface area contributed by atoms with Crippen LogP contribution in [-0.4, -0.2) is 87.5 Å². The van der Waals surface area contributed by atoms with Gasteiger partial charge in [0.2, 0.25) is 22.1 Å². The summed E-state index contributed by atoms with van der Waals surface area (Å²) in [7, 11) is 3.28. The molecule has 0 radical (unpaired) electrons. The number of aromatic nitrogens is 10. The van der Waals surface area contributed by atoms with Crippen LogP contribution in [0.4, 0.5) is 0 Å². The monoisotopic (exact) mass is 940 g/mol. The van der Waals surface area contributed by atoms with Gasteiger partial charge in [-0.25, -0.2) is 0 Å². The second kappa shape index (κ2) is 19.9. The maximum atomic E-state index is 6.75. The van der Waals surface area contributed by atoms with Crippen LogP contribution < -0.4 is 18.9 Å². The van der Waals surface area contributed by atoms with Gasteiger partial charge in [-0.3, -0.25) is 0 Å². The van der Waals surface area contributed by atoms with Gasteiger partial charge in [-0.1, -0.05) is 59.9 Å². The topological polar surface area (TPSA) is 159 Å². The van der Waals surface area contributed by atoms with Crippen LogP contribution in [0.3, 0.4) is 0 Å². The summed E-state index contributed by atoms with van der Waals surface area (Å²) in [5.74, 6) is 6.21. The lowest BCUT2D eigenvalue weighted by molar-refractivity contribution is 0.414. The molecule has 0 fully saturated rings. The van der Waals surface area contributed by atoms with Gasteiger partial charge in [-0.2, -0.15) is 39.1 Å². The van der Waals surface area contributed by atoms with E-state index in [0.29, 0.717) is 67.7 Å². The number of rotatable bonds is 6. The fourth-order valence-electron chi connectivity index (χ4n) is 7.34. The van der Waals surface area contributed by atoms with Crippen molar-refractivity contribution in [3.63, 3.8) is 0 Å². The van der Waals surface area contributed by atoms with Gasteiger partial charge in [0, 0.05) is 22.6 Å². The second-order valence-electron chi connectivity index (χ2n) is 15.4. The van der Waals surface area contributed by atoms with E-state index in [1.54, 1.807) is 68.9 Å². The minimum atomic E-state index is 0.477. The zero-order valence-corrected chi connectivity index (χ0v) is 39.1. The van der Waals surface area contributed by atoms with Crippen molar-refractivity contribution in [1.29, 1.82) is 0 Å². The van der Waals surface area contributed by atoms with Crippen molar-refractivity contribution in [2.75, 3.05) is 25.7 Å².